The first-order valence-electron chi connectivity index (χ1n) is 6.15. The van der Waals surface area contributed by atoms with E-state index in [1.165, 1.54) is 5.56 Å². The minimum Gasteiger partial charge on any atom is -0.476 e. The standard InChI is InChI=1S/C14H16N2O3S/c1-19-8-11-5-3-2-4-10(11)6-15-7-12-9-20-13(16-12)14(17)18/h2-5,9,15H,6-8H2,1H3,(H,17,18). The summed E-state index contributed by atoms with van der Waals surface area (Å²) < 4.78 is 5.16. The minimum absolute atomic E-state index is 0.126. The first-order chi connectivity index (χ1) is 9.70. The third-order valence-corrected chi connectivity index (χ3v) is 3.65. The lowest BCUT2D eigenvalue weighted by Gasteiger charge is -2.09. The number of methoxy groups -OCH3 is 1. The highest BCUT2D eigenvalue weighted by Gasteiger charge is 2.08. The molecule has 2 rings (SSSR count). The normalized spacial score (nSPS) is 10.7. The quantitative estimate of drug-likeness (QED) is 0.819. The summed E-state index contributed by atoms with van der Waals surface area (Å²) in [5.74, 6) is -0.980. The number of carbonyl (C=O) groups is 1. The molecule has 20 heavy (non-hydrogen) atoms. The van der Waals surface area contributed by atoms with Gasteiger partial charge in [0.25, 0.3) is 0 Å². The molecule has 0 unspecified atom stereocenters. The molecule has 1 aromatic carbocycles. The third kappa shape index (κ3) is 3.86. The van der Waals surface area contributed by atoms with E-state index in [4.69, 9.17) is 9.84 Å². The Balaban J connectivity index is 1.90. The Labute approximate surface area is 121 Å². The molecule has 0 radical (unpaired) electrons. The fourth-order valence-electron chi connectivity index (χ4n) is 1.84. The number of carboxylic acids is 1. The lowest BCUT2D eigenvalue weighted by Crippen LogP contribution is -2.14. The minimum atomic E-state index is -0.980. The van der Waals surface area contributed by atoms with E-state index in [1.54, 1.807) is 12.5 Å². The predicted octanol–water partition coefficient (Wildman–Crippen LogP) is 2.28. The highest BCUT2D eigenvalue weighted by atomic mass is 32.1. The van der Waals surface area contributed by atoms with Crippen molar-refractivity contribution in [1.82, 2.24) is 10.3 Å². The van der Waals surface area contributed by atoms with Gasteiger partial charge in [-0.05, 0) is 11.1 Å². The number of carboxylic acid groups (broad SMARTS) is 1. The second-order valence-electron chi connectivity index (χ2n) is 4.25. The van der Waals surface area contributed by atoms with Crippen molar-refractivity contribution in [3.05, 3.63) is 51.5 Å². The van der Waals surface area contributed by atoms with Gasteiger partial charge in [0.15, 0.2) is 0 Å². The number of ether oxygens (including phenoxy) is 1. The summed E-state index contributed by atoms with van der Waals surface area (Å²) in [5, 5.41) is 14.0. The van der Waals surface area contributed by atoms with E-state index in [2.05, 4.69) is 10.3 Å². The molecule has 106 valence electrons. The Morgan fingerprint density at radius 3 is 2.75 bits per heavy atom. The summed E-state index contributed by atoms with van der Waals surface area (Å²) in [7, 11) is 1.67. The Bertz CT molecular complexity index is 583. The van der Waals surface area contributed by atoms with Crippen LogP contribution in [0.5, 0.6) is 0 Å². The Morgan fingerprint density at radius 1 is 1.35 bits per heavy atom. The van der Waals surface area contributed by atoms with Crippen LogP contribution in [0.3, 0.4) is 0 Å². The number of aromatic carboxylic acids is 1. The van der Waals surface area contributed by atoms with E-state index in [0.29, 0.717) is 19.7 Å². The van der Waals surface area contributed by atoms with E-state index >= 15 is 0 Å². The van der Waals surface area contributed by atoms with Gasteiger partial charge in [-0.2, -0.15) is 0 Å². The summed E-state index contributed by atoms with van der Waals surface area (Å²) in [4.78, 5) is 14.8. The molecule has 1 heterocycles. The van der Waals surface area contributed by atoms with Crippen molar-refractivity contribution < 1.29 is 14.6 Å². The number of thiazole rings is 1. The Kier molecular flexibility index (Phi) is 5.23. The Hall–Kier alpha value is -1.76. The molecule has 0 atom stereocenters. The monoisotopic (exact) mass is 292 g/mol. The largest absolute Gasteiger partial charge is 0.476 e. The maximum absolute atomic E-state index is 10.7. The average Bonchev–Trinajstić information content (AvgIpc) is 2.90. The van der Waals surface area contributed by atoms with E-state index in [-0.39, 0.29) is 5.01 Å². The molecule has 0 aliphatic carbocycles. The summed E-state index contributed by atoms with van der Waals surface area (Å²) in [6.07, 6.45) is 0. The van der Waals surface area contributed by atoms with Crippen molar-refractivity contribution in [3.8, 4) is 0 Å². The number of nitrogens with zero attached hydrogens (tertiary/aromatic N) is 1. The van der Waals surface area contributed by atoms with Gasteiger partial charge in [-0.25, -0.2) is 9.78 Å². The van der Waals surface area contributed by atoms with Crippen LogP contribution in [0, 0.1) is 0 Å². The second-order valence-corrected chi connectivity index (χ2v) is 5.11. The topological polar surface area (TPSA) is 71.5 Å². The molecule has 0 saturated heterocycles. The zero-order valence-corrected chi connectivity index (χ0v) is 11.9. The van der Waals surface area contributed by atoms with Gasteiger partial charge in [0, 0.05) is 25.6 Å². The molecule has 2 N–H and O–H groups in total. The molecule has 0 amide bonds. The summed E-state index contributed by atoms with van der Waals surface area (Å²) in [6, 6.07) is 8.05. The second kappa shape index (κ2) is 7.14. The van der Waals surface area contributed by atoms with E-state index < -0.39 is 5.97 Å². The fourth-order valence-corrected chi connectivity index (χ4v) is 2.49. The first kappa shape index (κ1) is 14.6. The highest BCUT2D eigenvalue weighted by Crippen LogP contribution is 2.11. The maximum Gasteiger partial charge on any atom is 0.365 e. The summed E-state index contributed by atoms with van der Waals surface area (Å²) in [6.45, 7) is 1.82. The van der Waals surface area contributed by atoms with Crippen molar-refractivity contribution in [1.29, 1.82) is 0 Å². The average molecular weight is 292 g/mol. The molecule has 2 aromatic rings. The van der Waals surface area contributed by atoms with Crippen LogP contribution in [0.2, 0.25) is 0 Å². The number of aromatic nitrogens is 1. The van der Waals surface area contributed by atoms with Gasteiger partial charge in [-0.1, -0.05) is 24.3 Å². The number of rotatable bonds is 7. The van der Waals surface area contributed by atoms with Crippen molar-refractivity contribution in [2.75, 3.05) is 7.11 Å². The molecule has 0 fully saturated rings. The van der Waals surface area contributed by atoms with Crippen LogP contribution < -0.4 is 5.32 Å². The molecular weight excluding hydrogens is 276 g/mol. The molecule has 6 heteroatoms. The molecule has 1 aromatic heterocycles. The van der Waals surface area contributed by atoms with Crippen LogP contribution in [0.4, 0.5) is 0 Å². The number of benzene rings is 1. The van der Waals surface area contributed by atoms with Gasteiger partial charge in [0.1, 0.15) is 0 Å². The van der Waals surface area contributed by atoms with Crippen molar-refractivity contribution in [3.63, 3.8) is 0 Å². The van der Waals surface area contributed by atoms with Crippen LogP contribution in [0.25, 0.3) is 0 Å². The van der Waals surface area contributed by atoms with Crippen LogP contribution in [-0.4, -0.2) is 23.2 Å². The van der Waals surface area contributed by atoms with Crippen LogP contribution in [0.15, 0.2) is 29.6 Å². The smallest absolute Gasteiger partial charge is 0.365 e. The molecular formula is C14H16N2O3S. The van der Waals surface area contributed by atoms with Crippen LogP contribution >= 0.6 is 11.3 Å². The molecule has 0 aliphatic heterocycles. The van der Waals surface area contributed by atoms with Gasteiger partial charge in [-0.15, -0.1) is 11.3 Å². The highest BCUT2D eigenvalue weighted by molar-refractivity contribution is 7.11. The molecule has 0 saturated carbocycles. The zero-order chi connectivity index (χ0) is 14.4. The van der Waals surface area contributed by atoms with Crippen molar-refractivity contribution in [2.24, 2.45) is 0 Å². The van der Waals surface area contributed by atoms with Gasteiger partial charge in [-0.3, -0.25) is 0 Å². The van der Waals surface area contributed by atoms with Gasteiger partial charge in [0.2, 0.25) is 5.01 Å². The van der Waals surface area contributed by atoms with Gasteiger partial charge >= 0.3 is 5.97 Å². The number of hydrogen-bond acceptors (Lipinski definition) is 5. The van der Waals surface area contributed by atoms with Crippen LogP contribution in [0.1, 0.15) is 26.6 Å². The van der Waals surface area contributed by atoms with Gasteiger partial charge in [0.05, 0.1) is 12.3 Å². The third-order valence-electron chi connectivity index (χ3n) is 2.77. The molecule has 0 bridgehead atoms. The van der Waals surface area contributed by atoms with Crippen molar-refractivity contribution in [2.45, 2.75) is 19.7 Å². The summed E-state index contributed by atoms with van der Waals surface area (Å²) >= 11 is 1.14. The molecule has 0 spiro atoms. The predicted molar refractivity (Wildman–Crippen MR) is 76.8 cm³/mol. The zero-order valence-electron chi connectivity index (χ0n) is 11.1. The lowest BCUT2D eigenvalue weighted by molar-refractivity contribution is 0.0696. The van der Waals surface area contributed by atoms with Crippen molar-refractivity contribution >= 4 is 17.3 Å². The number of hydrogen-bond donors (Lipinski definition) is 2. The maximum atomic E-state index is 10.7. The first-order valence-corrected chi connectivity index (χ1v) is 7.03. The number of nitrogens with one attached hydrogen (secondary N) is 1. The lowest BCUT2D eigenvalue weighted by atomic mass is 10.1. The van der Waals surface area contributed by atoms with E-state index in [1.807, 2.05) is 24.3 Å². The van der Waals surface area contributed by atoms with E-state index in [9.17, 15) is 4.79 Å². The molecule has 0 aliphatic rings. The summed E-state index contributed by atoms with van der Waals surface area (Å²) in [5.41, 5.74) is 3.06. The van der Waals surface area contributed by atoms with Crippen LogP contribution in [-0.2, 0) is 24.4 Å². The fraction of sp³-hybridized carbons (Fsp3) is 0.286. The SMILES string of the molecule is COCc1ccccc1CNCc1csc(C(=O)O)n1. The molecule has 5 nitrogen and oxygen atoms in total. The van der Waals surface area contributed by atoms with E-state index in [0.717, 1.165) is 22.6 Å². The van der Waals surface area contributed by atoms with Gasteiger partial charge < -0.3 is 15.2 Å². The Morgan fingerprint density at radius 2 is 2.10 bits per heavy atom.